The summed E-state index contributed by atoms with van der Waals surface area (Å²) in [5, 5.41) is 12.0. The molecule has 3 aromatic carbocycles. The Balaban J connectivity index is 1.72. The fraction of sp³-hybridized carbons (Fsp3) is 0.0476. The van der Waals surface area contributed by atoms with Crippen LogP contribution in [0.1, 0.15) is 5.56 Å². The lowest BCUT2D eigenvalue weighted by atomic mass is 10.2. The van der Waals surface area contributed by atoms with Crippen LogP contribution in [-0.4, -0.2) is 12.5 Å². The average Bonchev–Trinajstić information content (AvgIpc) is 2.69. The molecule has 0 bridgehead atoms. The van der Waals surface area contributed by atoms with Crippen molar-refractivity contribution in [1.82, 2.24) is 0 Å². The van der Waals surface area contributed by atoms with Gasteiger partial charge in [-0.3, -0.25) is 4.79 Å². The Morgan fingerprint density at radius 2 is 1.70 bits per heavy atom. The van der Waals surface area contributed by atoms with Gasteiger partial charge >= 0.3 is 0 Å². The Morgan fingerprint density at radius 1 is 1.00 bits per heavy atom. The minimum Gasteiger partial charge on any atom is -0.484 e. The highest BCUT2D eigenvalue weighted by Gasteiger charge is 2.13. The van der Waals surface area contributed by atoms with Gasteiger partial charge in [0.1, 0.15) is 23.2 Å². The van der Waals surface area contributed by atoms with E-state index in [9.17, 15) is 14.4 Å². The molecule has 3 aromatic rings. The summed E-state index contributed by atoms with van der Waals surface area (Å²) in [5.74, 6) is -0.277. The summed E-state index contributed by atoms with van der Waals surface area (Å²) in [6.45, 7) is -0.133. The number of amides is 1. The molecular formula is C21H15FN2O2S. The third-order valence-corrected chi connectivity index (χ3v) is 4.72. The zero-order valence-corrected chi connectivity index (χ0v) is 15.0. The number of para-hydroxylation sites is 2. The molecule has 0 unspecified atom stereocenters. The molecule has 0 fully saturated rings. The summed E-state index contributed by atoms with van der Waals surface area (Å²) in [5.41, 5.74) is 0.549. The van der Waals surface area contributed by atoms with Gasteiger partial charge in [0.2, 0.25) is 0 Å². The first kappa shape index (κ1) is 18.5. The minimum atomic E-state index is -0.569. The van der Waals surface area contributed by atoms with Crippen LogP contribution in [0.25, 0.3) is 0 Å². The first-order chi connectivity index (χ1) is 13.2. The molecule has 6 heteroatoms. The van der Waals surface area contributed by atoms with Gasteiger partial charge in [-0.05, 0) is 36.4 Å². The topological polar surface area (TPSA) is 62.1 Å². The fourth-order valence-corrected chi connectivity index (χ4v) is 3.33. The maximum Gasteiger partial charge on any atom is 0.262 e. The van der Waals surface area contributed by atoms with Crippen molar-refractivity contribution in [1.29, 1.82) is 5.26 Å². The number of nitrogens with zero attached hydrogens (tertiary/aromatic N) is 1. The number of carbonyl (C=O) groups is 1. The molecule has 27 heavy (non-hydrogen) atoms. The van der Waals surface area contributed by atoms with E-state index in [0.717, 1.165) is 0 Å². The second-order valence-corrected chi connectivity index (χ2v) is 6.56. The van der Waals surface area contributed by atoms with Gasteiger partial charge in [-0.25, -0.2) is 4.39 Å². The van der Waals surface area contributed by atoms with Crippen LogP contribution in [0.2, 0.25) is 0 Å². The zero-order valence-electron chi connectivity index (χ0n) is 14.2. The maximum absolute atomic E-state index is 13.8. The Morgan fingerprint density at radius 3 is 2.48 bits per heavy atom. The van der Waals surface area contributed by atoms with Crippen LogP contribution < -0.4 is 10.1 Å². The van der Waals surface area contributed by atoms with Crippen LogP contribution in [0.4, 0.5) is 10.1 Å². The second kappa shape index (κ2) is 8.88. The van der Waals surface area contributed by atoms with Crippen LogP contribution in [0.3, 0.4) is 0 Å². The van der Waals surface area contributed by atoms with Crippen LogP contribution >= 0.6 is 11.8 Å². The number of nitrogens with one attached hydrogen (secondary N) is 1. The number of ether oxygens (including phenoxy) is 1. The molecule has 134 valence electrons. The fourth-order valence-electron chi connectivity index (χ4n) is 2.33. The van der Waals surface area contributed by atoms with E-state index in [4.69, 9.17) is 4.74 Å². The third kappa shape index (κ3) is 4.87. The van der Waals surface area contributed by atoms with E-state index in [1.165, 1.54) is 17.8 Å². The van der Waals surface area contributed by atoms with E-state index in [2.05, 4.69) is 5.32 Å². The number of carbonyl (C=O) groups excluding carboxylic acids is 1. The number of halogens is 1. The third-order valence-electron chi connectivity index (χ3n) is 3.58. The van der Waals surface area contributed by atoms with E-state index < -0.39 is 5.82 Å². The zero-order chi connectivity index (χ0) is 19.1. The van der Waals surface area contributed by atoms with Gasteiger partial charge in [0.05, 0.1) is 5.69 Å². The summed E-state index contributed by atoms with van der Waals surface area (Å²) < 4.78 is 19.2. The number of benzene rings is 3. The highest BCUT2D eigenvalue weighted by atomic mass is 32.2. The monoisotopic (exact) mass is 378 g/mol. The van der Waals surface area contributed by atoms with Crippen LogP contribution in [-0.2, 0) is 4.79 Å². The van der Waals surface area contributed by atoms with Crippen molar-refractivity contribution in [2.75, 3.05) is 11.9 Å². The lowest BCUT2D eigenvalue weighted by Gasteiger charge is -2.12. The summed E-state index contributed by atoms with van der Waals surface area (Å²) in [7, 11) is 0. The first-order valence-electron chi connectivity index (χ1n) is 8.10. The molecule has 0 saturated carbocycles. The number of hydrogen-bond donors (Lipinski definition) is 1. The van der Waals surface area contributed by atoms with Crippen molar-refractivity contribution < 1.29 is 13.9 Å². The Bertz CT molecular complexity index is 987. The predicted molar refractivity (Wildman–Crippen MR) is 102 cm³/mol. The van der Waals surface area contributed by atoms with Gasteiger partial charge in [0.25, 0.3) is 5.91 Å². The van der Waals surface area contributed by atoms with Gasteiger partial charge in [-0.1, -0.05) is 48.2 Å². The molecule has 0 radical (unpaired) electrons. The summed E-state index contributed by atoms with van der Waals surface area (Å²) in [4.78, 5) is 13.4. The predicted octanol–water partition coefficient (Wildman–Crippen LogP) is 4.87. The van der Waals surface area contributed by atoms with Crippen LogP contribution in [0.5, 0.6) is 5.75 Å². The number of anilines is 1. The average molecular weight is 378 g/mol. The largest absolute Gasteiger partial charge is 0.484 e. The van der Waals surface area contributed by atoms with E-state index >= 15 is 0 Å². The molecule has 0 aromatic heterocycles. The van der Waals surface area contributed by atoms with Gasteiger partial charge < -0.3 is 10.1 Å². The van der Waals surface area contributed by atoms with Crippen molar-refractivity contribution >= 4 is 23.4 Å². The Hall–Kier alpha value is -3.30. The molecule has 1 amide bonds. The van der Waals surface area contributed by atoms with E-state index in [0.29, 0.717) is 21.2 Å². The highest BCUT2D eigenvalue weighted by molar-refractivity contribution is 7.99. The highest BCUT2D eigenvalue weighted by Crippen LogP contribution is 2.35. The van der Waals surface area contributed by atoms with Gasteiger partial charge in [-0.2, -0.15) is 5.26 Å². The number of hydrogen-bond acceptors (Lipinski definition) is 4. The Kier molecular flexibility index (Phi) is 6.08. The lowest BCUT2D eigenvalue weighted by Crippen LogP contribution is -2.20. The number of nitriles is 1. The molecule has 0 aliphatic carbocycles. The van der Waals surface area contributed by atoms with Crippen molar-refractivity contribution in [2.45, 2.75) is 9.79 Å². The van der Waals surface area contributed by atoms with Crippen molar-refractivity contribution in [3.63, 3.8) is 0 Å². The van der Waals surface area contributed by atoms with Crippen LogP contribution in [0.15, 0.2) is 82.6 Å². The van der Waals surface area contributed by atoms with Gasteiger partial charge in [0.15, 0.2) is 6.61 Å². The Labute approximate surface area is 160 Å². The summed E-state index contributed by atoms with van der Waals surface area (Å²) in [6.07, 6.45) is 0. The minimum absolute atomic E-state index is 0.0176. The first-order valence-corrected chi connectivity index (χ1v) is 8.92. The van der Waals surface area contributed by atoms with Crippen molar-refractivity contribution in [2.24, 2.45) is 0 Å². The van der Waals surface area contributed by atoms with Gasteiger partial charge in [0, 0.05) is 9.79 Å². The van der Waals surface area contributed by atoms with E-state index in [-0.39, 0.29) is 18.1 Å². The smallest absolute Gasteiger partial charge is 0.262 e. The van der Waals surface area contributed by atoms with Gasteiger partial charge in [-0.15, -0.1) is 0 Å². The molecule has 4 nitrogen and oxygen atoms in total. The molecular weight excluding hydrogens is 363 g/mol. The molecule has 0 aliphatic rings. The number of rotatable bonds is 6. The maximum atomic E-state index is 13.8. The molecule has 0 aliphatic heterocycles. The second-order valence-electron chi connectivity index (χ2n) is 5.47. The van der Waals surface area contributed by atoms with E-state index in [1.54, 1.807) is 42.5 Å². The van der Waals surface area contributed by atoms with Crippen LogP contribution in [0, 0.1) is 17.1 Å². The SMILES string of the molecule is N#Cc1c(F)cccc1Sc1ccccc1NC(=O)COc1ccccc1. The summed E-state index contributed by atoms with van der Waals surface area (Å²) in [6, 6.07) is 22.5. The summed E-state index contributed by atoms with van der Waals surface area (Å²) >= 11 is 1.22. The molecule has 3 rings (SSSR count). The lowest BCUT2D eigenvalue weighted by molar-refractivity contribution is -0.118. The molecule has 0 spiro atoms. The molecule has 0 saturated heterocycles. The normalized spacial score (nSPS) is 10.1. The van der Waals surface area contributed by atoms with Crippen molar-refractivity contribution in [3.8, 4) is 11.8 Å². The molecule has 0 atom stereocenters. The van der Waals surface area contributed by atoms with E-state index in [1.807, 2.05) is 30.3 Å². The quantitative estimate of drug-likeness (QED) is 0.665. The molecule has 0 heterocycles. The molecule has 1 N–H and O–H groups in total. The standard InChI is InChI=1S/C21H15FN2O2S/c22-17-9-6-12-19(16(17)13-23)27-20-11-5-4-10-18(20)24-21(25)14-26-15-7-2-1-3-8-15/h1-12H,14H2,(H,24,25). The van der Waals surface area contributed by atoms with Crippen molar-refractivity contribution in [3.05, 3.63) is 84.2 Å².